The molecule has 0 aliphatic carbocycles. The lowest BCUT2D eigenvalue weighted by atomic mass is 10.1. The van der Waals surface area contributed by atoms with Gasteiger partial charge in [0.05, 0.1) is 12.2 Å². The number of pyridine rings is 2. The molecule has 2 aromatic carbocycles. The summed E-state index contributed by atoms with van der Waals surface area (Å²) < 4.78 is 30.0. The Morgan fingerprint density at radius 1 is 1.03 bits per heavy atom. The van der Waals surface area contributed by atoms with Crippen molar-refractivity contribution in [1.29, 1.82) is 0 Å². The molecule has 2 aromatic heterocycles. The number of amides is 1. The Balaban J connectivity index is 1.81. The van der Waals surface area contributed by atoms with Crippen molar-refractivity contribution in [2.75, 3.05) is 5.32 Å². The van der Waals surface area contributed by atoms with Crippen LogP contribution < -0.4 is 10.9 Å². The molecule has 0 saturated heterocycles. The van der Waals surface area contributed by atoms with E-state index in [0.717, 1.165) is 0 Å². The van der Waals surface area contributed by atoms with Gasteiger partial charge in [0.1, 0.15) is 22.8 Å². The van der Waals surface area contributed by atoms with E-state index in [1.165, 1.54) is 35.0 Å². The Morgan fingerprint density at radius 2 is 1.83 bits per heavy atom. The predicted octanol–water partition coefficient (Wildman–Crippen LogP) is 4.74. The fraction of sp³-hybridized carbons (Fsp3) is 0.0455. The number of nitrogens with one attached hydrogen (secondary N) is 1. The highest BCUT2D eigenvalue weighted by molar-refractivity contribution is 9.10. The van der Waals surface area contributed by atoms with Crippen LogP contribution in [-0.2, 0) is 6.54 Å². The lowest BCUT2D eigenvalue weighted by molar-refractivity contribution is 0.102. The van der Waals surface area contributed by atoms with Crippen LogP contribution >= 0.6 is 15.9 Å². The highest BCUT2D eigenvalue weighted by Gasteiger charge is 2.18. The quantitative estimate of drug-likeness (QED) is 0.469. The lowest BCUT2D eigenvalue weighted by Gasteiger charge is -2.13. The van der Waals surface area contributed by atoms with Gasteiger partial charge >= 0.3 is 0 Å². The van der Waals surface area contributed by atoms with Crippen molar-refractivity contribution >= 4 is 38.6 Å². The van der Waals surface area contributed by atoms with Crippen molar-refractivity contribution < 1.29 is 13.6 Å². The number of carbonyl (C=O) groups is 1. The summed E-state index contributed by atoms with van der Waals surface area (Å²) in [7, 11) is 0. The minimum atomic E-state index is -0.769. The zero-order valence-electron chi connectivity index (χ0n) is 15.4. The van der Waals surface area contributed by atoms with Crippen LogP contribution in [0.3, 0.4) is 0 Å². The van der Waals surface area contributed by atoms with E-state index in [1.54, 1.807) is 36.4 Å². The molecule has 8 heteroatoms. The van der Waals surface area contributed by atoms with Crippen molar-refractivity contribution in [2.24, 2.45) is 0 Å². The van der Waals surface area contributed by atoms with Gasteiger partial charge in [-0.2, -0.15) is 0 Å². The first-order valence-electron chi connectivity index (χ1n) is 8.92. The molecular formula is C22H14BrF2N3O2. The summed E-state index contributed by atoms with van der Waals surface area (Å²) in [4.78, 5) is 30.1. The number of hydrogen-bond donors (Lipinski definition) is 1. The van der Waals surface area contributed by atoms with Crippen LogP contribution in [0.1, 0.15) is 15.9 Å². The van der Waals surface area contributed by atoms with E-state index < -0.39 is 23.1 Å². The average Bonchev–Trinajstić information content (AvgIpc) is 2.73. The van der Waals surface area contributed by atoms with Crippen molar-refractivity contribution in [3.05, 3.63) is 104 Å². The van der Waals surface area contributed by atoms with Crippen LogP contribution in [0.5, 0.6) is 0 Å². The predicted molar refractivity (Wildman–Crippen MR) is 114 cm³/mol. The second-order valence-corrected chi connectivity index (χ2v) is 7.45. The van der Waals surface area contributed by atoms with Crippen molar-refractivity contribution in [1.82, 2.24) is 9.55 Å². The Labute approximate surface area is 178 Å². The Kier molecular flexibility index (Phi) is 5.41. The second kappa shape index (κ2) is 8.16. The van der Waals surface area contributed by atoms with Gasteiger partial charge in [-0.25, -0.2) is 13.8 Å². The SMILES string of the molecule is O=C(Nc1ccc(Br)cc1F)c1cc2cccnc2n(Cc2ccccc2F)c1=O. The van der Waals surface area contributed by atoms with E-state index in [-0.39, 0.29) is 23.4 Å². The van der Waals surface area contributed by atoms with Gasteiger partial charge in [-0.1, -0.05) is 34.1 Å². The largest absolute Gasteiger partial charge is 0.319 e. The average molecular weight is 470 g/mol. The molecule has 4 rings (SSSR count). The molecule has 0 fully saturated rings. The normalized spacial score (nSPS) is 10.9. The third kappa shape index (κ3) is 3.86. The van der Waals surface area contributed by atoms with Crippen LogP contribution in [0, 0.1) is 11.6 Å². The first-order chi connectivity index (χ1) is 14.4. The molecule has 0 aliphatic heterocycles. The third-order valence-electron chi connectivity index (χ3n) is 4.56. The zero-order valence-corrected chi connectivity index (χ0v) is 17.0. The second-order valence-electron chi connectivity index (χ2n) is 6.54. The summed E-state index contributed by atoms with van der Waals surface area (Å²) in [5.74, 6) is -1.89. The fourth-order valence-corrected chi connectivity index (χ4v) is 3.43. The maximum absolute atomic E-state index is 14.2. The standard InChI is InChI=1S/C22H14BrF2N3O2/c23-15-7-8-19(18(25)11-15)27-21(29)16-10-13-5-3-9-26-20(13)28(22(16)30)12-14-4-1-2-6-17(14)24/h1-11H,12H2,(H,27,29). The molecule has 0 bridgehead atoms. The first-order valence-corrected chi connectivity index (χ1v) is 9.72. The Morgan fingerprint density at radius 3 is 2.60 bits per heavy atom. The highest BCUT2D eigenvalue weighted by atomic mass is 79.9. The number of rotatable bonds is 4. The topological polar surface area (TPSA) is 64.0 Å². The number of anilines is 1. The molecule has 1 N–H and O–H groups in total. The van der Waals surface area contributed by atoms with Gasteiger partial charge in [0.15, 0.2) is 0 Å². The van der Waals surface area contributed by atoms with E-state index in [0.29, 0.717) is 15.5 Å². The molecule has 0 aliphatic rings. The van der Waals surface area contributed by atoms with Crippen LogP contribution in [-0.4, -0.2) is 15.5 Å². The van der Waals surface area contributed by atoms with Crippen molar-refractivity contribution in [3.63, 3.8) is 0 Å². The lowest BCUT2D eigenvalue weighted by Crippen LogP contribution is -2.30. The number of hydrogen-bond acceptors (Lipinski definition) is 3. The number of halogens is 3. The Hall–Kier alpha value is -3.39. The summed E-state index contributed by atoms with van der Waals surface area (Å²) in [6, 6.07) is 15.0. The molecule has 0 spiro atoms. The van der Waals surface area contributed by atoms with Crippen LogP contribution in [0.2, 0.25) is 0 Å². The van der Waals surface area contributed by atoms with Crippen LogP contribution in [0.4, 0.5) is 14.5 Å². The minimum Gasteiger partial charge on any atom is -0.319 e. The molecule has 1 amide bonds. The zero-order chi connectivity index (χ0) is 21.3. The van der Waals surface area contributed by atoms with Gasteiger partial charge in [-0.15, -0.1) is 0 Å². The van der Waals surface area contributed by atoms with Gasteiger partial charge in [-0.05, 0) is 42.5 Å². The first kappa shape index (κ1) is 19.9. The number of benzene rings is 2. The number of aromatic nitrogens is 2. The van der Waals surface area contributed by atoms with Gasteiger partial charge in [0.2, 0.25) is 0 Å². The summed E-state index contributed by atoms with van der Waals surface area (Å²) >= 11 is 3.15. The molecule has 4 aromatic rings. The summed E-state index contributed by atoms with van der Waals surface area (Å²) in [6.45, 7) is -0.104. The molecule has 2 heterocycles. The number of fused-ring (bicyclic) bond motifs is 1. The van der Waals surface area contributed by atoms with Gasteiger partial charge < -0.3 is 5.32 Å². The highest BCUT2D eigenvalue weighted by Crippen LogP contribution is 2.20. The number of nitrogens with zero attached hydrogens (tertiary/aromatic N) is 2. The summed E-state index contributed by atoms with van der Waals surface area (Å²) in [6.07, 6.45) is 1.51. The molecule has 5 nitrogen and oxygen atoms in total. The van der Waals surface area contributed by atoms with E-state index in [2.05, 4.69) is 26.2 Å². The maximum Gasteiger partial charge on any atom is 0.265 e. The summed E-state index contributed by atoms with van der Waals surface area (Å²) in [5, 5.41) is 2.94. The van der Waals surface area contributed by atoms with Gasteiger partial charge in [-0.3, -0.25) is 14.2 Å². The van der Waals surface area contributed by atoms with E-state index in [9.17, 15) is 18.4 Å². The molecule has 150 valence electrons. The fourth-order valence-electron chi connectivity index (χ4n) is 3.09. The molecule has 0 saturated carbocycles. The Bertz CT molecular complexity index is 1340. The van der Waals surface area contributed by atoms with Crippen molar-refractivity contribution in [3.8, 4) is 0 Å². The molecular weight excluding hydrogens is 456 g/mol. The monoisotopic (exact) mass is 469 g/mol. The van der Waals surface area contributed by atoms with E-state index in [1.807, 2.05) is 0 Å². The molecule has 0 unspecified atom stereocenters. The van der Waals surface area contributed by atoms with Crippen LogP contribution in [0.25, 0.3) is 11.0 Å². The van der Waals surface area contributed by atoms with E-state index in [4.69, 9.17) is 0 Å². The van der Waals surface area contributed by atoms with Crippen molar-refractivity contribution in [2.45, 2.75) is 6.54 Å². The smallest absolute Gasteiger partial charge is 0.265 e. The molecule has 0 atom stereocenters. The maximum atomic E-state index is 14.2. The van der Waals surface area contributed by atoms with Gasteiger partial charge in [0.25, 0.3) is 11.5 Å². The van der Waals surface area contributed by atoms with Gasteiger partial charge in [0, 0.05) is 21.6 Å². The molecule has 0 radical (unpaired) electrons. The van der Waals surface area contributed by atoms with E-state index >= 15 is 0 Å². The van der Waals surface area contributed by atoms with Crippen LogP contribution in [0.15, 0.2) is 76.1 Å². The number of carbonyl (C=O) groups excluding carboxylic acids is 1. The molecule has 30 heavy (non-hydrogen) atoms. The summed E-state index contributed by atoms with van der Waals surface area (Å²) in [5.41, 5.74) is -0.316. The minimum absolute atomic E-state index is 0.0606. The third-order valence-corrected chi connectivity index (χ3v) is 5.05.